The molecular weight excluding hydrogens is 274 g/mol. The Labute approximate surface area is 96.6 Å². The van der Waals surface area contributed by atoms with Gasteiger partial charge in [0, 0.05) is 0 Å². The number of hydrogen-bond donors (Lipinski definition) is 1. The van der Waals surface area contributed by atoms with Crippen molar-refractivity contribution in [2.45, 2.75) is 6.36 Å². The Bertz CT molecular complexity index is 436. The summed E-state index contributed by atoms with van der Waals surface area (Å²) >= 11 is 10.3. The van der Waals surface area contributed by atoms with E-state index in [2.05, 4.69) is 9.72 Å². The summed E-state index contributed by atoms with van der Waals surface area (Å²) in [6.45, 7) is 0. The van der Waals surface area contributed by atoms with Crippen molar-refractivity contribution < 1.29 is 27.8 Å². The van der Waals surface area contributed by atoms with Gasteiger partial charge in [0.1, 0.15) is 5.02 Å². The molecule has 0 radical (unpaired) electrons. The number of ether oxygens (including phenoxy) is 1. The number of pyridine rings is 1. The summed E-state index contributed by atoms with van der Waals surface area (Å²) in [6.07, 6.45) is -4.45. The van der Waals surface area contributed by atoms with Gasteiger partial charge >= 0.3 is 6.36 Å². The van der Waals surface area contributed by atoms with Gasteiger partial charge in [-0.15, -0.1) is 13.2 Å². The van der Waals surface area contributed by atoms with Gasteiger partial charge in [-0.1, -0.05) is 11.6 Å². The summed E-state index contributed by atoms with van der Waals surface area (Å²) in [6, 6.07) is 0. The van der Waals surface area contributed by atoms with Crippen molar-refractivity contribution in [3.8, 4) is 11.5 Å². The third-order valence-electron chi connectivity index (χ3n) is 1.37. The number of halogens is 5. The van der Waals surface area contributed by atoms with Crippen LogP contribution in [0.2, 0.25) is 5.02 Å². The molecule has 0 aliphatic heterocycles. The first kappa shape index (κ1) is 12.9. The van der Waals surface area contributed by atoms with Gasteiger partial charge in [0.15, 0.2) is 17.2 Å². The molecule has 16 heavy (non-hydrogen) atoms. The number of aromatic hydroxyl groups is 1. The van der Waals surface area contributed by atoms with Crippen molar-refractivity contribution in [2.24, 2.45) is 0 Å². The Morgan fingerprint density at radius 2 is 2.06 bits per heavy atom. The number of aromatic nitrogens is 1. The van der Waals surface area contributed by atoms with Crippen LogP contribution in [0.15, 0.2) is 6.20 Å². The van der Waals surface area contributed by atoms with Crippen LogP contribution in [0.1, 0.15) is 10.5 Å². The lowest BCUT2D eigenvalue weighted by Crippen LogP contribution is -2.17. The molecular formula is C7H2Cl2F3NO3. The largest absolute Gasteiger partial charge is 0.573 e. The second kappa shape index (κ2) is 4.34. The number of hydrogen-bond acceptors (Lipinski definition) is 4. The number of rotatable bonds is 2. The lowest BCUT2D eigenvalue weighted by molar-refractivity contribution is -0.274. The molecule has 0 saturated heterocycles. The average molecular weight is 276 g/mol. The van der Waals surface area contributed by atoms with Crippen LogP contribution in [-0.4, -0.2) is 21.7 Å². The molecule has 1 aromatic heterocycles. The summed E-state index contributed by atoms with van der Waals surface area (Å²) in [5.74, 6) is -1.89. The lowest BCUT2D eigenvalue weighted by atomic mass is 10.3. The van der Waals surface area contributed by atoms with Crippen molar-refractivity contribution in [3.63, 3.8) is 0 Å². The third-order valence-corrected chi connectivity index (χ3v) is 1.92. The Morgan fingerprint density at radius 1 is 1.50 bits per heavy atom. The Hall–Kier alpha value is -1.21. The zero-order chi connectivity index (χ0) is 12.5. The molecule has 0 aliphatic carbocycles. The van der Waals surface area contributed by atoms with Crippen molar-refractivity contribution in [3.05, 3.63) is 16.9 Å². The van der Waals surface area contributed by atoms with E-state index in [-0.39, 0.29) is 0 Å². The molecule has 88 valence electrons. The van der Waals surface area contributed by atoms with Gasteiger partial charge in [-0.25, -0.2) is 4.98 Å². The Morgan fingerprint density at radius 3 is 2.50 bits per heavy atom. The average Bonchev–Trinajstić information content (AvgIpc) is 2.10. The Balaban J connectivity index is 3.17. The van der Waals surface area contributed by atoms with Gasteiger partial charge in [0.05, 0.1) is 6.20 Å². The predicted molar refractivity (Wildman–Crippen MR) is 47.8 cm³/mol. The molecule has 0 aromatic carbocycles. The molecule has 0 fully saturated rings. The van der Waals surface area contributed by atoms with E-state index in [1.54, 1.807) is 0 Å². The fraction of sp³-hybridized carbons (Fsp3) is 0.143. The maximum atomic E-state index is 11.8. The van der Waals surface area contributed by atoms with Gasteiger partial charge in [0.2, 0.25) is 0 Å². The SMILES string of the molecule is O=C(Cl)c1ncc(OC(F)(F)F)c(Cl)c1O. The van der Waals surface area contributed by atoms with E-state index in [1.807, 2.05) is 0 Å². The Kier molecular flexibility index (Phi) is 3.49. The van der Waals surface area contributed by atoms with Crippen LogP contribution in [-0.2, 0) is 0 Å². The minimum absolute atomic E-state index is 0.533. The molecule has 0 saturated carbocycles. The molecule has 0 aliphatic rings. The first-order valence-corrected chi connectivity index (χ1v) is 4.31. The molecule has 1 rings (SSSR count). The van der Waals surface area contributed by atoms with Crippen LogP contribution in [0.4, 0.5) is 13.2 Å². The van der Waals surface area contributed by atoms with Crippen LogP contribution in [0.5, 0.6) is 11.5 Å². The fourth-order valence-corrected chi connectivity index (χ4v) is 1.12. The maximum absolute atomic E-state index is 11.8. The van der Waals surface area contributed by atoms with Crippen LogP contribution < -0.4 is 4.74 Å². The van der Waals surface area contributed by atoms with E-state index >= 15 is 0 Å². The first-order chi connectivity index (χ1) is 7.22. The number of carbonyl (C=O) groups is 1. The number of carbonyl (C=O) groups excluding carboxylic acids is 1. The minimum atomic E-state index is -4.98. The van der Waals surface area contributed by atoms with Crippen molar-refractivity contribution in [1.82, 2.24) is 4.98 Å². The zero-order valence-corrected chi connectivity index (χ0v) is 8.69. The molecule has 1 heterocycles. The number of alkyl halides is 3. The second-order valence-electron chi connectivity index (χ2n) is 2.46. The zero-order valence-electron chi connectivity index (χ0n) is 7.18. The molecule has 1 N–H and O–H groups in total. The molecule has 1 aromatic rings. The predicted octanol–water partition coefficient (Wildman–Crippen LogP) is 2.72. The summed E-state index contributed by atoms with van der Waals surface area (Å²) in [5, 5.41) is 7.25. The standard InChI is InChI=1S/C7H2Cl2F3NO3/c8-3-2(16-7(10,11)12)1-13-4(5(3)14)6(9)15/h1,14H. The highest BCUT2D eigenvalue weighted by Gasteiger charge is 2.33. The highest BCUT2D eigenvalue weighted by atomic mass is 35.5. The van der Waals surface area contributed by atoms with E-state index in [4.69, 9.17) is 23.2 Å². The van der Waals surface area contributed by atoms with Gasteiger partial charge in [-0.3, -0.25) is 4.79 Å². The van der Waals surface area contributed by atoms with E-state index in [0.29, 0.717) is 6.20 Å². The van der Waals surface area contributed by atoms with Gasteiger partial charge in [-0.05, 0) is 11.6 Å². The van der Waals surface area contributed by atoms with E-state index in [9.17, 15) is 23.1 Å². The van der Waals surface area contributed by atoms with Gasteiger partial charge in [-0.2, -0.15) is 0 Å². The quantitative estimate of drug-likeness (QED) is 0.843. The first-order valence-electron chi connectivity index (χ1n) is 3.55. The highest BCUT2D eigenvalue weighted by Crippen LogP contribution is 2.37. The van der Waals surface area contributed by atoms with E-state index < -0.39 is 33.8 Å². The third kappa shape index (κ3) is 2.89. The molecule has 0 amide bonds. The van der Waals surface area contributed by atoms with Crippen LogP contribution in [0.25, 0.3) is 0 Å². The maximum Gasteiger partial charge on any atom is 0.573 e. The van der Waals surface area contributed by atoms with Crippen LogP contribution >= 0.6 is 23.2 Å². The molecule has 4 nitrogen and oxygen atoms in total. The van der Waals surface area contributed by atoms with Crippen LogP contribution in [0.3, 0.4) is 0 Å². The number of nitrogens with zero attached hydrogens (tertiary/aromatic N) is 1. The minimum Gasteiger partial charge on any atom is -0.504 e. The molecule has 0 spiro atoms. The molecule has 0 atom stereocenters. The fourth-order valence-electron chi connectivity index (χ4n) is 0.801. The summed E-state index contributed by atoms with van der Waals surface area (Å²) in [5.41, 5.74) is -0.652. The molecule has 0 bridgehead atoms. The highest BCUT2D eigenvalue weighted by molar-refractivity contribution is 6.67. The summed E-state index contributed by atoms with van der Waals surface area (Å²) in [7, 11) is 0. The van der Waals surface area contributed by atoms with Gasteiger partial charge in [0.25, 0.3) is 5.24 Å². The van der Waals surface area contributed by atoms with Crippen molar-refractivity contribution in [1.29, 1.82) is 0 Å². The lowest BCUT2D eigenvalue weighted by Gasteiger charge is -2.11. The van der Waals surface area contributed by atoms with E-state index in [1.165, 1.54) is 0 Å². The van der Waals surface area contributed by atoms with Crippen molar-refractivity contribution in [2.75, 3.05) is 0 Å². The summed E-state index contributed by atoms with van der Waals surface area (Å²) < 4.78 is 38.9. The van der Waals surface area contributed by atoms with Crippen LogP contribution in [0, 0.1) is 0 Å². The van der Waals surface area contributed by atoms with Crippen molar-refractivity contribution >= 4 is 28.4 Å². The van der Waals surface area contributed by atoms with E-state index in [0.717, 1.165) is 0 Å². The second-order valence-corrected chi connectivity index (χ2v) is 3.18. The normalized spacial score (nSPS) is 11.3. The monoisotopic (exact) mass is 275 g/mol. The topological polar surface area (TPSA) is 59.4 Å². The molecule has 0 unspecified atom stereocenters. The smallest absolute Gasteiger partial charge is 0.504 e. The molecule has 9 heteroatoms. The van der Waals surface area contributed by atoms with Gasteiger partial charge < -0.3 is 9.84 Å². The summed E-state index contributed by atoms with van der Waals surface area (Å²) in [4.78, 5) is 13.8.